The van der Waals surface area contributed by atoms with E-state index < -0.39 is 11.9 Å². The summed E-state index contributed by atoms with van der Waals surface area (Å²) in [6.45, 7) is 8.19. The van der Waals surface area contributed by atoms with Crippen LogP contribution in [0, 0.1) is 12.8 Å². The second kappa shape index (κ2) is 9.82. The molecule has 5 heteroatoms. The fraction of sp³-hybridized carbons (Fsp3) is 0.579. The fourth-order valence-electron chi connectivity index (χ4n) is 2.46. The van der Waals surface area contributed by atoms with Crippen molar-refractivity contribution < 1.29 is 19.4 Å². The first kappa shape index (κ1) is 20.7. The van der Waals surface area contributed by atoms with Crippen LogP contribution in [-0.2, 0) is 4.74 Å². The summed E-state index contributed by atoms with van der Waals surface area (Å²) in [5.74, 6) is -1.14. The molecule has 0 aliphatic rings. The molecule has 0 bridgehead atoms. The highest BCUT2D eigenvalue weighted by atomic mass is 79.9. The molecule has 0 amide bonds. The summed E-state index contributed by atoms with van der Waals surface area (Å²) in [5.41, 5.74) is 0.893. The molecule has 1 aromatic carbocycles. The summed E-state index contributed by atoms with van der Waals surface area (Å²) in [6, 6.07) is 3.04. The summed E-state index contributed by atoms with van der Waals surface area (Å²) < 4.78 is 6.32. The summed E-state index contributed by atoms with van der Waals surface area (Å²) in [5, 5.41) is 9.35. The Morgan fingerprint density at radius 3 is 2.38 bits per heavy atom. The molecule has 4 nitrogen and oxygen atoms in total. The van der Waals surface area contributed by atoms with Crippen molar-refractivity contribution in [3.63, 3.8) is 0 Å². The number of rotatable bonds is 9. The Balaban J connectivity index is 2.97. The molecular formula is C19H27BrO4. The number of aryl methyl sites for hydroxylation is 1. The van der Waals surface area contributed by atoms with E-state index in [1.807, 2.05) is 6.92 Å². The second-order valence-electron chi connectivity index (χ2n) is 6.59. The maximum atomic E-state index is 12.6. The first-order valence-electron chi connectivity index (χ1n) is 8.50. The number of hydrogen-bond acceptors (Lipinski definition) is 3. The Morgan fingerprint density at radius 2 is 1.83 bits per heavy atom. The average Bonchev–Trinajstić information content (AvgIpc) is 2.51. The highest BCUT2D eigenvalue weighted by Gasteiger charge is 2.22. The van der Waals surface area contributed by atoms with Gasteiger partial charge in [-0.2, -0.15) is 0 Å². The van der Waals surface area contributed by atoms with Crippen LogP contribution in [-0.4, -0.2) is 23.1 Å². The number of halogens is 1. The molecule has 0 spiro atoms. The van der Waals surface area contributed by atoms with E-state index in [4.69, 9.17) is 4.74 Å². The van der Waals surface area contributed by atoms with E-state index in [1.54, 1.807) is 6.07 Å². The molecule has 1 unspecified atom stereocenters. The molecule has 0 aromatic heterocycles. The number of benzene rings is 1. The first-order chi connectivity index (χ1) is 11.3. The lowest BCUT2D eigenvalue weighted by atomic mass is 10.0. The molecule has 0 heterocycles. The summed E-state index contributed by atoms with van der Waals surface area (Å²) in [6.07, 6.45) is 4.46. The van der Waals surface area contributed by atoms with Gasteiger partial charge in [0.25, 0.3) is 0 Å². The lowest BCUT2D eigenvalue weighted by Gasteiger charge is -2.19. The molecule has 0 saturated carbocycles. The van der Waals surface area contributed by atoms with Gasteiger partial charge in [-0.15, -0.1) is 0 Å². The molecular weight excluding hydrogens is 372 g/mol. The van der Waals surface area contributed by atoms with E-state index >= 15 is 0 Å². The summed E-state index contributed by atoms with van der Waals surface area (Å²) in [4.78, 5) is 24.0. The fourth-order valence-corrected chi connectivity index (χ4v) is 2.80. The van der Waals surface area contributed by atoms with Crippen molar-refractivity contribution in [1.29, 1.82) is 0 Å². The number of esters is 1. The van der Waals surface area contributed by atoms with Gasteiger partial charge in [0.2, 0.25) is 0 Å². The number of carbonyl (C=O) groups excluding carboxylic acids is 1. The van der Waals surface area contributed by atoms with Gasteiger partial charge < -0.3 is 9.84 Å². The Bertz CT molecular complexity index is 581. The lowest BCUT2D eigenvalue weighted by molar-refractivity contribution is 0.0238. The zero-order valence-electron chi connectivity index (χ0n) is 14.9. The summed E-state index contributed by atoms with van der Waals surface area (Å²) >= 11 is 3.31. The third-order valence-corrected chi connectivity index (χ3v) is 4.82. The Kier molecular flexibility index (Phi) is 8.46. The van der Waals surface area contributed by atoms with Crippen molar-refractivity contribution in [3.8, 4) is 0 Å². The van der Waals surface area contributed by atoms with Crippen LogP contribution in [0.4, 0.5) is 0 Å². The zero-order chi connectivity index (χ0) is 18.3. The predicted molar refractivity (Wildman–Crippen MR) is 98.6 cm³/mol. The molecule has 0 fully saturated rings. The molecule has 0 radical (unpaired) electrons. The second-order valence-corrected chi connectivity index (χ2v) is 7.45. The van der Waals surface area contributed by atoms with Gasteiger partial charge >= 0.3 is 11.9 Å². The minimum Gasteiger partial charge on any atom is -0.478 e. The van der Waals surface area contributed by atoms with Crippen molar-refractivity contribution in [3.05, 3.63) is 33.3 Å². The zero-order valence-corrected chi connectivity index (χ0v) is 16.5. The number of unbranched alkanes of at least 4 members (excludes halogenated alkanes) is 1. The van der Waals surface area contributed by atoms with Crippen molar-refractivity contribution in [2.75, 3.05) is 0 Å². The standard InChI is InChI=1S/C19H27BrO4/c1-5-6-7-14(9-8-12(2)3)24-19(23)16-10-13(4)17(20)11-15(16)18(21)22/h10-12,14H,5-9H2,1-4H3,(H,21,22). The maximum absolute atomic E-state index is 12.6. The molecule has 1 N–H and O–H groups in total. The monoisotopic (exact) mass is 398 g/mol. The predicted octanol–water partition coefficient (Wildman–Crippen LogP) is 5.61. The van der Waals surface area contributed by atoms with Crippen LogP contribution >= 0.6 is 15.9 Å². The minimum absolute atomic E-state index is 0.0319. The molecule has 24 heavy (non-hydrogen) atoms. The van der Waals surface area contributed by atoms with Crippen LogP contribution in [0.1, 0.15) is 79.2 Å². The molecule has 0 saturated heterocycles. The molecule has 1 atom stereocenters. The molecule has 1 aromatic rings. The number of ether oxygens (including phenoxy) is 1. The highest BCUT2D eigenvalue weighted by Crippen LogP contribution is 2.24. The lowest BCUT2D eigenvalue weighted by Crippen LogP contribution is -2.21. The quantitative estimate of drug-likeness (QED) is 0.549. The number of hydrogen-bond donors (Lipinski definition) is 1. The molecule has 0 aliphatic heterocycles. The third-order valence-electron chi connectivity index (χ3n) is 3.97. The van der Waals surface area contributed by atoms with Gasteiger partial charge in [0, 0.05) is 4.47 Å². The van der Waals surface area contributed by atoms with Crippen molar-refractivity contribution in [2.45, 2.75) is 65.9 Å². The number of carbonyl (C=O) groups is 2. The number of carboxylic acids is 1. The van der Waals surface area contributed by atoms with Crippen LogP contribution in [0.5, 0.6) is 0 Å². The molecule has 1 rings (SSSR count). The van der Waals surface area contributed by atoms with Gasteiger partial charge in [-0.1, -0.05) is 49.5 Å². The number of carboxylic acid groups (broad SMARTS) is 1. The van der Waals surface area contributed by atoms with E-state index in [0.717, 1.165) is 37.7 Å². The van der Waals surface area contributed by atoms with Gasteiger partial charge in [0.15, 0.2) is 0 Å². The van der Waals surface area contributed by atoms with Crippen LogP contribution in [0.2, 0.25) is 0 Å². The smallest absolute Gasteiger partial charge is 0.339 e. The topological polar surface area (TPSA) is 63.6 Å². The van der Waals surface area contributed by atoms with Gasteiger partial charge in [0.05, 0.1) is 11.1 Å². The van der Waals surface area contributed by atoms with E-state index in [9.17, 15) is 14.7 Å². The van der Waals surface area contributed by atoms with Gasteiger partial charge in [0.1, 0.15) is 6.10 Å². The third kappa shape index (κ3) is 6.27. The van der Waals surface area contributed by atoms with E-state index in [0.29, 0.717) is 10.4 Å². The van der Waals surface area contributed by atoms with Crippen molar-refractivity contribution >= 4 is 27.9 Å². The van der Waals surface area contributed by atoms with Crippen LogP contribution in [0.25, 0.3) is 0 Å². The average molecular weight is 399 g/mol. The van der Waals surface area contributed by atoms with E-state index in [-0.39, 0.29) is 17.2 Å². The van der Waals surface area contributed by atoms with Gasteiger partial charge in [-0.25, -0.2) is 9.59 Å². The molecule has 134 valence electrons. The van der Waals surface area contributed by atoms with Crippen LogP contribution in [0.3, 0.4) is 0 Å². The van der Waals surface area contributed by atoms with Crippen LogP contribution < -0.4 is 0 Å². The number of aromatic carboxylic acids is 1. The van der Waals surface area contributed by atoms with Gasteiger partial charge in [-0.05, 0) is 49.8 Å². The van der Waals surface area contributed by atoms with Crippen molar-refractivity contribution in [1.82, 2.24) is 0 Å². The normalized spacial score (nSPS) is 12.2. The SMILES string of the molecule is CCCCC(CCC(C)C)OC(=O)c1cc(C)c(Br)cc1C(=O)O. The largest absolute Gasteiger partial charge is 0.478 e. The van der Waals surface area contributed by atoms with Gasteiger partial charge in [-0.3, -0.25) is 0 Å². The van der Waals surface area contributed by atoms with Crippen LogP contribution in [0.15, 0.2) is 16.6 Å². The Hall–Kier alpha value is -1.36. The molecule has 0 aliphatic carbocycles. The highest BCUT2D eigenvalue weighted by molar-refractivity contribution is 9.10. The minimum atomic E-state index is -1.13. The summed E-state index contributed by atoms with van der Waals surface area (Å²) in [7, 11) is 0. The van der Waals surface area contributed by atoms with Crippen molar-refractivity contribution in [2.24, 2.45) is 5.92 Å². The Morgan fingerprint density at radius 1 is 1.17 bits per heavy atom. The van der Waals surface area contributed by atoms with E-state index in [2.05, 4.69) is 36.7 Å². The maximum Gasteiger partial charge on any atom is 0.339 e. The van der Waals surface area contributed by atoms with E-state index in [1.165, 1.54) is 6.07 Å². The first-order valence-corrected chi connectivity index (χ1v) is 9.29. The Labute approximate surface area is 152 Å².